The van der Waals surface area contributed by atoms with Gasteiger partial charge in [-0.3, -0.25) is 0 Å². The highest BCUT2D eigenvalue weighted by atomic mass is 35.5. The summed E-state index contributed by atoms with van der Waals surface area (Å²) >= 11 is 6.16. The number of hydrogen-bond donors (Lipinski definition) is 2. The molecule has 0 atom stereocenters. The first-order valence-electron chi connectivity index (χ1n) is 5.59. The van der Waals surface area contributed by atoms with Gasteiger partial charge in [0.25, 0.3) is 0 Å². The van der Waals surface area contributed by atoms with Crippen molar-refractivity contribution in [3.63, 3.8) is 0 Å². The lowest BCUT2D eigenvalue weighted by atomic mass is 10.1. The van der Waals surface area contributed by atoms with Gasteiger partial charge in [0, 0.05) is 12.1 Å². The monoisotopic (exact) mass is 248 g/mol. The van der Waals surface area contributed by atoms with Crippen molar-refractivity contribution < 1.29 is 0 Å². The molecule has 1 aromatic carbocycles. The standard InChI is InChI=1S/C12H13ClN4/c13-9-3-1-2-4-11(9)17-12(14)8-5-6-15-7-10(8)16-17/h1-4,15H,5-7,14H2. The number of hydrogen-bond acceptors (Lipinski definition) is 3. The van der Waals surface area contributed by atoms with Crippen LogP contribution in [0.5, 0.6) is 0 Å². The number of nitrogen functional groups attached to an aromatic ring is 1. The highest BCUT2D eigenvalue weighted by Gasteiger charge is 2.19. The van der Waals surface area contributed by atoms with E-state index in [2.05, 4.69) is 10.4 Å². The molecule has 0 bridgehead atoms. The number of fused-ring (bicyclic) bond motifs is 1. The Bertz CT molecular complexity index is 562. The lowest BCUT2D eigenvalue weighted by molar-refractivity contribution is 0.629. The Morgan fingerprint density at radius 1 is 1.35 bits per heavy atom. The van der Waals surface area contributed by atoms with Gasteiger partial charge in [-0.2, -0.15) is 5.10 Å². The van der Waals surface area contributed by atoms with Gasteiger partial charge >= 0.3 is 0 Å². The number of rotatable bonds is 1. The van der Waals surface area contributed by atoms with Crippen LogP contribution in [0.4, 0.5) is 5.82 Å². The van der Waals surface area contributed by atoms with Crippen LogP contribution in [0.3, 0.4) is 0 Å². The van der Waals surface area contributed by atoms with Crippen LogP contribution in [0.25, 0.3) is 5.69 Å². The molecule has 17 heavy (non-hydrogen) atoms. The van der Waals surface area contributed by atoms with Gasteiger partial charge in [-0.1, -0.05) is 23.7 Å². The number of nitrogens with one attached hydrogen (secondary N) is 1. The van der Waals surface area contributed by atoms with E-state index in [0.717, 1.165) is 36.5 Å². The molecule has 0 aliphatic carbocycles. The summed E-state index contributed by atoms with van der Waals surface area (Å²) in [5.74, 6) is 0.703. The Balaban J connectivity index is 2.16. The molecule has 1 aliphatic rings. The van der Waals surface area contributed by atoms with E-state index in [1.54, 1.807) is 4.68 Å². The molecule has 3 rings (SSSR count). The second kappa shape index (κ2) is 4.05. The van der Waals surface area contributed by atoms with Crippen LogP contribution in [-0.2, 0) is 13.0 Å². The van der Waals surface area contributed by atoms with Gasteiger partial charge in [-0.05, 0) is 25.1 Å². The maximum absolute atomic E-state index is 6.16. The van der Waals surface area contributed by atoms with Gasteiger partial charge in [-0.15, -0.1) is 0 Å². The zero-order chi connectivity index (χ0) is 11.8. The van der Waals surface area contributed by atoms with Gasteiger partial charge in [-0.25, -0.2) is 4.68 Å². The highest BCUT2D eigenvalue weighted by Crippen LogP contribution is 2.27. The fourth-order valence-electron chi connectivity index (χ4n) is 2.15. The third-order valence-corrected chi connectivity index (χ3v) is 3.35. The van der Waals surface area contributed by atoms with Crippen molar-refractivity contribution in [1.29, 1.82) is 0 Å². The van der Waals surface area contributed by atoms with Crippen molar-refractivity contribution in [2.24, 2.45) is 0 Å². The highest BCUT2D eigenvalue weighted by molar-refractivity contribution is 6.32. The molecule has 0 saturated carbocycles. The minimum absolute atomic E-state index is 0.659. The van der Waals surface area contributed by atoms with E-state index in [1.807, 2.05) is 24.3 Å². The number of nitrogens with two attached hydrogens (primary N) is 1. The molecule has 0 amide bonds. The second-order valence-corrected chi connectivity index (χ2v) is 4.51. The molecule has 5 heteroatoms. The minimum atomic E-state index is 0.659. The van der Waals surface area contributed by atoms with Crippen LogP contribution in [-0.4, -0.2) is 16.3 Å². The molecular weight excluding hydrogens is 236 g/mol. The Morgan fingerprint density at radius 2 is 2.18 bits per heavy atom. The molecule has 0 radical (unpaired) electrons. The van der Waals surface area contributed by atoms with Crippen LogP contribution in [0, 0.1) is 0 Å². The zero-order valence-corrected chi connectivity index (χ0v) is 10.0. The Morgan fingerprint density at radius 3 is 2.94 bits per heavy atom. The summed E-state index contributed by atoms with van der Waals surface area (Å²) in [4.78, 5) is 0. The van der Waals surface area contributed by atoms with Crippen molar-refractivity contribution in [2.45, 2.75) is 13.0 Å². The second-order valence-electron chi connectivity index (χ2n) is 4.10. The number of para-hydroxylation sites is 1. The summed E-state index contributed by atoms with van der Waals surface area (Å²) in [7, 11) is 0. The molecule has 4 nitrogen and oxygen atoms in total. The molecular formula is C12H13ClN4. The van der Waals surface area contributed by atoms with Crippen LogP contribution in [0.1, 0.15) is 11.3 Å². The average Bonchev–Trinajstić information content (AvgIpc) is 2.68. The topological polar surface area (TPSA) is 55.9 Å². The van der Waals surface area contributed by atoms with Crippen LogP contribution < -0.4 is 11.1 Å². The number of halogens is 1. The van der Waals surface area contributed by atoms with E-state index in [-0.39, 0.29) is 0 Å². The smallest absolute Gasteiger partial charge is 0.130 e. The first-order valence-corrected chi connectivity index (χ1v) is 5.97. The minimum Gasteiger partial charge on any atom is -0.383 e. The molecule has 88 valence electrons. The number of aromatic nitrogens is 2. The molecule has 1 aromatic heterocycles. The Kier molecular flexibility index (Phi) is 2.53. The predicted octanol–water partition coefficient (Wildman–Crippen LogP) is 1.75. The molecule has 0 saturated heterocycles. The molecule has 0 spiro atoms. The summed E-state index contributed by atoms with van der Waals surface area (Å²) < 4.78 is 1.74. The van der Waals surface area contributed by atoms with Gasteiger partial charge in [0.1, 0.15) is 5.82 Å². The lowest BCUT2D eigenvalue weighted by Gasteiger charge is -2.10. The molecule has 0 fully saturated rings. The van der Waals surface area contributed by atoms with Gasteiger partial charge in [0.15, 0.2) is 0 Å². The SMILES string of the molecule is Nc1c2c(nn1-c1ccccc1Cl)CNCC2. The van der Waals surface area contributed by atoms with Crippen LogP contribution >= 0.6 is 11.6 Å². The quantitative estimate of drug-likeness (QED) is 0.809. The predicted molar refractivity (Wildman–Crippen MR) is 68.4 cm³/mol. The van der Waals surface area contributed by atoms with E-state index in [4.69, 9.17) is 17.3 Å². The number of anilines is 1. The fraction of sp³-hybridized carbons (Fsp3) is 0.250. The maximum atomic E-state index is 6.16. The third-order valence-electron chi connectivity index (χ3n) is 3.03. The average molecular weight is 249 g/mol. The van der Waals surface area contributed by atoms with E-state index >= 15 is 0 Å². The first kappa shape index (κ1) is 10.6. The molecule has 2 aromatic rings. The van der Waals surface area contributed by atoms with E-state index in [9.17, 15) is 0 Å². The summed E-state index contributed by atoms with van der Waals surface area (Å²) in [5.41, 5.74) is 9.14. The van der Waals surface area contributed by atoms with Crippen LogP contribution in [0.15, 0.2) is 24.3 Å². The molecule has 3 N–H and O–H groups in total. The Labute approximate surface area is 104 Å². The van der Waals surface area contributed by atoms with Crippen molar-refractivity contribution in [1.82, 2.24) is 15.1 Å². The zero-order valence-electron chi connectivity index (χ0n) is 9.28. The fourth-order valence-corrected chi connectivity index (χ4v) is 2.37. The van der Waals surface area contributed by atoms with Gasteiger partial charge < -0.3 is 11.1 Å². The summed E-state index contributed by atoms with van der Waals surface area (Å²) in [5, 5.41) is 8.47. The largest absolute Gasteiger partial charge is 0.383 e. The molecule has 2 heterocycles. The summed E-state index contributed by atoms with van der Waals surface area (Å²) in [6.07, 6.45) is 0.922. The first-order chi connectivity index (χ1) is 8.27. The van der Waals surface area contributed by atoms with E-state index < -0.39 is 0 Å². The van der Waals surface area contributed by atoms with E-state index in [0.29, 0.717) is 10.8 Å². The Hall–Kier alpha value is -1.52. The third kappa shape index (κ3) is 1.69. The van der Waals surface area contributed by atoms with Crippen molar-refractivity contribution in [2.75, 3.05) is 12.3 Å². The number of nitrogens with zero attached hydrogens (tertiary/aromatic N) is 2. The number of benzene rings is 1. The lowest BCUT2D eigenvalue weighted by Crippen LogP contribution is -2.23. The van der Waals surface area contributed by atoms with Gasteiger partial charge in [0.2, 0.25) is 0 Å². The maximum Gasteiger partial charge on any atom is 0.130 e. The summed E-state index contributed by atoms with van der Waals surface area (Å²) in [6, 6.07) is 7.59. The van der Waals surface area contributed by atoms with Crippen molar-refractivity contribution >= 4 is 17.4 Å². The van der Waals surface area contributed by atoms with Crippen LogP contribution in [0.2, 0.25) is 5.02 Å². The normalized spacial score (nSPS) is 14.6. The van der Waals surface area contributed by atoms with E-state index in [1.165, 1.54) is 0 Å². The van der Waals surface area contributed by atoms with Crippen molar-refractivity contribution in [3.8, 4) is 5.69 Å². The van der Waals surface area contributed by atoms with Crippen molar-refractivity contribution in [3.05, 3.63) is 40.5 Å². The molecule has 0 unspecified atom stereocenters. The summed E-state index contributed by atoms with van der Waals surface area (Å²) in [6.45, 7) is 1.72. The molecule has 1 aliphatic heterocycles. The van der Waals surface area contributed by atoms with Gasteiger partial charge in [0.05, 0.1) is 16.4 Å².